The van der Waals surface area contributed by atoms with Crippen LogP contribution >= 0.6 is 0 Å². The van der Waals surface area contributed by atoms with E-state index in [0.717, 1.165) is 25.9 Å². The summed E-state index contributed by atoms with van der Waals surface area (Å²) in [5, 5.41) is 0. The second kappa shape index (κ2) is 8.24. The maximum Gasteiger partial charge on any atom is 0.411 e. The minimum atomic E-state index is -4.26. The summed E-state index contributed by atoms with van der Waals surface area (Å²) in [4.78, 5) is 6.23. The van der Waals surface area contributed by atoms with Gasteiger partial charge in [-0.15, -0.1) is 0 Å². The molecular formula is C12H22F3N3O. The van der Waals surface area contributed by atoms with Crippen molar-refractivity contribution in [2.24, 2.45) is 10.7 Å². The number of ether oxygens (including phenoxy) is 1. The van der Waals surface area contributed by atoms with Crippen LogP contribution in [0, 0.1) is 0 Å². The number of halogens is 3. The number of guanidine groups is 1. The van der Waals surface area contributed by atoms with Crippen molar-refractivity contribution in [2.45, 2.75) is 38.3 Å². The molecule has 7 heteroatoms. The molecule has 1 aliphatic heterocycles. The number of nitrogens with zero attached hydrogens (tertiary/aromatic N) is 2. The van der Waals surface area contributed by atoms with Crippen molar-refractivity contribution in [1.29, 1.82) is 0 Å². The average molecular weight is 281 g/mol. The van der Waals surface area contributed by atoms with Crippen LogP contribution in [0.15, 0.2) is 4.99 Å². The van der Waals surface area contributed by atoms with Crippen LogP contribution in [-0.2, 0) is 4.74 Å². The van der Waals surface area contributed by atoms with E-state index in [1.807, 2.05) is 4.90 Å². The zero-order valence-corrected chi connectivity index (χ0v) is 11.1. The first-order valence-electron chi connectivity index (χ1n) is 6.68. The van der Waals surface area contributed by atoms with Gasteiger partial charge in [-0.3, -0.25) is 4.99 Å². The van der Waals surface area contributed by atoms with Crippen LogP contribution in [0.25, 0.3) is 0 Å². The smallest absolute Gasteiger partial charge is 0.372 e. The van der Waals surface area contributed by atoms with E-state index in [9.17, 15) is 13.2 Å². The normalized spacial score (nSPS) is 18.5. The standard InChI is InChI=1S/C12H22F3N3O/c13-12(14,15)10-19-9-5-6-17-11(16)18-7-3-1-2-4-8-18/h1-10H2,(H2,16,17). The molecule has 0 aromatic rings. The molecule has 19 heavy (non-hydrogen) atoms. The Bertz CT molecular complexity index is 274. The van der Waals surface area contributed by atoms with Crippen LogP contribution in [-0.4, -0.2) is 49.9 Å². The molecule has 1 rings (SSSR count). The fraction of sp³-hybridized carbons (Fsp3) is 0.917. The van der Waals surface area contributed by atoms with Crippen molar-refractivity contribution in [3.63, 3.8) is 0 Å². The molecule has 2 N–H and O–H groups in total. The van der Waals surface area contributed by atoms with Crippen LogP contribution in [0.2, 0.25) is 0 Å². The quantitative estimate of drug-likeness (QED) is 0.477. The molecule has 0 atom stereocenters. The Morgan fingerprint density at radius 1 is 1.16 bits per heavy atom. The van der Waals surface area contributed by atoms with Gasteiger partial charge >= 0.3 is 6.18 Å². The second-order valence-electron chi connectivity index (χ2n) is 4.66. The minimum absolute atomic E-state index is 0.0519. The lowest BCUT2D eigenvalue weighted by atomic mass is 10.2. The van der Waals surface area contributed by atoms with E-state index < -0.39 is 12.8 Å². The average Bonchev–Trinajstić information content (AvgIpc) is 2.60. The number of nitrogens with two attached hydrogens (primary N) is 1. The van der Waals surface area contributed by atoms with Crippen LogP contribution in [0.1, 0.15) is 32.1 Å². The van der Waals surface area contributed by atoms with E-state index in [2.05, 4.69) is 9.73 Å². The molecule has 0 spiro atoms. The van der Waals surface area contributed by atoms with E-state index in [1.165, 1.54) is 12.8 Å². The van der Waals surface area contributed by atoms with Crippen LogP contribution in [0.3, 0.4) is 0 Å². The topological polar surface area (TPSA) is 50.9 Å². The summed E-state index contributed by atoms with van der Waals surface area (Å²) in [5.41, 5.74) is 5.86. The SMILES string of the molecule is NC(=NCCCOCC(F)(F)F)N1CCCCCC1. The molecular weight excluding hydrogens is 259 g/mol. The van der Waals surface area contributed by atoms with Gasteiger partial charge in [0, 0.05) is 26.2 Å². The Labute approximate surface area is 111 Å². The first-order chi connectivity index (χ1) is 8.99. The lowest BCUT2D eigenvalue weighted by Gasteiger charge is -2.21. The van der Waals surface area contributed by atoms with E-state index in [1.54, 1.807) is 0 Å². The lowest BCUT2D eigenvalue weighted by molar-refractivity contribution is -0.173. The van der Waals surface area contributed by atoms with Gasteiger partial charge in [-0.1, -0.05) is 12.8 Å². The van der Waals surface area contributed by atoms with Gasteiger partial charge in [0.05, 0.1) is 0 Å². The molecule has 0 aliphatic carbocycles. The van der Waals surface area contributed by atoms with Crippen molar-refractivity contribution in [3.05, 3.63) is 0 Å². The molecule has 0 radical (unpaired) electrons. The molecule has 1 saturated heterocycles. The third kappa shape index (κ3) is 7.92. The van der Waals surface area contributed by atoms with Gasteiger partial charge in [0.15, 0.2) is 5.96 Å². The number of rotatable bonds is 5. The molecule has 0 unspecified atom stereocenters. The minimum Gasteiger partial charge on any atom is -0.372 e. The summed E-state index contributed by atoms with van der Waals surface area (Å²) in [6.45, 7) is 1.09. The summed E-state index contributed by atoms with van der Waals surface area (Å²) >= 11 is 0. The van der Waals surface area contributed by atoms with Crippen LogP contribution < -0.4 is 5.73 Å². The second-order valence-corrected chi connectivity index (χ2v) is 4.66. The molecule has 112 valence electrons. The molecule has 0 aromatic heterocycles. The fourth-order valence-corrected chi connectivity index (χ4v) is 1.95. The lowest BCUT2D eigenvalue weighted by Crippen LogP contribution is -2.38. The van der Waals surface area contributed by atoms with Gasteiger partial charge in [-0.25, -0.2) is 0 Å². The predicted octanol–water partition coefficient (Wildman–Crippen LogP) is 2.15. The molecule has 0 saturated carbocycles. The summed E-state index contributed by atoms with van der Waals surface area (Å²) in [6.07, 6.45) is 0.860. The Balaban J connectivity index is 2.13. The van der Waals surface area contributed by atoms with Crippen molar-refractivity contribution in [2.75, 3.05) is 32.8 Å². The van der Waals surface area contributed by atoms with E-state index in [-0.39, 0.29) is 6.61 Å². The highest BCUT2D eigenvalue weighted by Gasteiger charge is 2.27. The van der Waals surface area contributed by atoms with Crippen molar-refractivity contribution in [3.8, 4) is 0 Å². The Hall–Kier alpha value is -0.980. The zero-order valence-electron chi connectivity index (χ0n) is 11.1. The molecule has 4 nitrogen and oxygen atoms in total. The number of alkyl halides is 3. The Morgan fingerprint density at radius 3 is 2.37 bits per heavy atom. The van der Waals surface area contributed by atoms with Gasteiger partial charge in [0.25, 0.3) is 0 Å². The number of hydrogen-bond donors (Lipinski definition) is 1. The molecule has 0 amide bonds. The summed E-state index contributed by atoms with van der Waals surface area (Å²) in [5.74, 6) is 0.498. The fourth-order valence-electron chi connectivity index (χ4n) is 1.95. The van der Waals surface area contributed by atoms with E-state index >= 15 is 0 Å². The maximum absolute atomic E-state index is 11.8. The largest absolute Gasteiger partial charge is 0.411 e. The van der Waals surface area contributed by atoms with Gasteiger partial charge in [0.1, 0.15) is 6.61 Å². The zero-order chi connectivity index (χ0) is 14.1. The van der Waals surface area contributed by atoms with Crippen LogP contribution in [0.4, 0.5) is 13.2 Å². The molecule has 1 fully saturated rings. The number of aliphatic imine (C=N–C) groups is 1. The van der Waals surface area contributed by atoms with E-state index in [0.29, 0.717) is 18.9 Å². The highest BCUT2D eigenvalue weighted by molar-refractivity contribution is 5.78. The first kappa shape index (κ1) is 16.1. The van der Waals surface area contributed by atoms with Gasteiger partial charge in [-0.05, 0) is 19.3 Å². The third-order valence-corrected chi connectivity index (χ3v) is 2.92. The monoisotopic (exact) mass is 281 g/mol. The number of hydrogen-bond acceptors (Lipinski definition) is 2. The molecule has 1 heterocycles. The maximum atomic E-state index is 11.8. The highest BCUT2D eigenvalue weighted by Crippen LogP contribution is 2.14. The van der Waals surface area contributed by atoms with Crippen molar-refractivity contribution in [1.82, 2.24) is 4.90 Å². The van der Waals surface area contributed by atoms with Gasteiger partial charge < -0.3 is 15.4 Å². The predicted molar refractivity (Wildman–Crippen MR) is 68.0 cm³/mol. The van der Waals surface area contributed by atoms with E-state index in [4.69, 9.17) is 5.73 Å². The summed E-state index contributed by atoms with van der Waals surface area (Å²) in [6, 6.07) is 0. The Kier molecular flexibility index (Phi) is 6.97. The van der Waals surface area contributed by atoms with Gasteiger partial charge in [0.2, 0.25) is 0 Å². The molecule has 0 bridgehead atoms. The highest BCUT2D eigenvalue weighted by atomic mass is 19.4. The molecule has 1 aliphatic rings. The first-order valence-corrected chi connectivity index (χ1v) is 6.68. The summed E-state index contributed by atoms with van der Waals surface area (Å²) in [7, 11) is 0. The van der Waals surface area contributed by atoms with Crippen molar-refractivity contribution < 1.29 is 17.9 Å². The van der Waals surface area contributed by atoms with Gasteiger partial charge in [-0.2, -0.15) is 13.2 Å². The van der Waals surface area contributed by atoms with Crippen LogP contribution in [0.5, 0.6) is 0 Å². The Morgan fingerprint density at radius 2 is 1.79 bits per heavy atom. The third-order valence-electron chi connectivity index (χ3n) is 2.92. The molecule has 0 aromatic carbocycles. The van der Waals surface area contributed by atoms with Crippen molar-refractivity contribution >= 4 is 5.96 Å². The number of likely N-dealkylation sites (tertiary alicyclic amines) is 1. The summed E-state index contributed by atoms with van der Waals surface area (Å²) < 4.78 is 39.9.